The SMILES string of the molecule is Cc1cc(-c2nc3cccnn3c2-c2ccnc(NC(=O)c3cccc(CSc4ncn[nH]4)c3)c2)ccc1F. The van der Waals surface area contributed by atoms with E-state index in [0.717, 1.165) is 16.7 Å². The van der Waals surface area contributed by atoms with Crippen molar-refractivity contribution in [2.75, 3.05) is 5.32 Å². The number of aryl methyl sites for hydroxylation is 1. The number of nitrogens with zero attached hydrogens (tertiary/aromatic N) is 6. The van der Waals surface area contributed by atoms with Gasteiger partial charge in [0.1, 0.15) is 23.7 Å². The number of H-pyrrole nitrogens is 1. The third-order valence-corrected chi connectivity index (χ3v) is 7.00. The Morgan fingerprint density at radius 2 is 1.95 bits per heavy atom. The Labute approximate surface area is 226 Å². The molecule has 192 valence electrons. The third kappa shape index (κ3) is 5.12. The highest BCUT2D eigenvalue weighted by molar-refractivity contribution is 7.98. The van der Waals surface area contributed by atoms with Crippen LogP contribution in [0.1, 0.15) is 21.5 Å². The number of hydrogen-bond donors (Lipinski definition) is 2. The highest BCUT2D eigenvalue weighted by atomic mass is 32.2. The summed E-state index contributed by atoms with van der Waals surface area (Å²) in [7, 11) is 0. The Bertz CT molecular complexity index is 1800. The zero-order valence-corrected chi connectivity index (χ0v) is 21.5. The van der Waals surface area contributed by atoms with E-state index in [4.69, 9.17) is 4.98 Å². The summed E-state index contributed by atoms with van der Waals surface area (Å²) >= 11 is 1.50. The summed E-state index contributed by atoms with van der Waals surface area (Å²) in [6, 6.07) is 19.6. The molecule has 6 aromatic rings. The molecule has 0 saturated carbocycles. The van der Waals surface area contributed by atoms with Crippen molar-refractivity contribution in [1.29, 1.82) is 0 Å². The Morgan fingerprint density at radius 3 is 2.79 bits per heavy atom. The molecule has 11 heteroatoms. The van der Waals surface area contributed by atoms with Gasteiger partial charge >= 0.3 is 0 Å². The predicted octanol–water partition coefficient (Wildman–Crippen LogP) is 5.57. The number of halogens is 1. The van der Waals surface area contributed by atoms with Crippen LogP contribution in [0.2, 0.25) is 0 Å². The first kappa shape index (κ1) is 24.4. The van der Waals surface area contributed by atoms with Crippen molar-refractivity contribution < 1.29 is 9.18 Å². The van der Waals surface area contributed by atoms with Gasteiger partial charge in [-0.25, -0.2) is 23.9 Å². The van der Waals surface area contributed by atoms with Crippen LogP contribution in [-0.2, 0) is 5.75 Å². The van der Waals surface area contributed by atoms with Crippen LogP contribution in [-0.4, -0.2) is 40.7 Å². The number of carbonyl (C=O) groups excluding carboxylic acids is 1. The quantitative estimate of drug-likeness (QED) is 0.257. The van der Waals surface area contributed by atoms with E-state index in [-0.39, 0.29) is 11.7 Å². The van der Waals surface area contributed by atoms with Crippen LogP contribution in [0.5, 0.6) is 0 Å². The van der Waals surface area contributed by atoms with Crippen molar-refractivity contribution in [3.8, 4) is 22.5 Å². The van der Waals surface area contributed by atoms with Gasteiger partial charge in [-0.05, 0) is 72.6 Å². The lowest BCUT2D eigenvalue weighted by atomic mass is 10.0. The summed E-state index contributed by atoms with van der Waals surface area (Å²) in [6.45, 7) is 1.72. The number of anilines is 1. The monoisotopic (exact) mass is 536 g/mol. The molecule has 4 aromatic heterocycles. The van der Waals surface area contributed by atoms with E-state index < -0.39 is 0 Å². The van der Waals surface area contributed by atoms with Gasteiger partial charge in [0, 0.05) is 34.8 Å². The van der Waals surface area contributed by atoms with Gasteiger partial charge in [-0.2, -0.15) is 10.2 Å². The van der Waals surface area contributed by atoms with Gasteiger partial charge in [0.2, 0.25) is 0 Å². The molecule has 6 rings (SSSR count). The number of rotatable bonds is 7. The first-order chi connectivity index (χ1) is 19.0. The van der Waals surface area contributed by atoms with Crippen molar-refractivity contribution in [2.45, 2.75) is 17.8 Å². The predicted molar refractivity (Wildman–Crippen MR) is 147 cm³/mol. The second kappa shape index (κ2) is 10.5. The fourth-order valence-electron chi connectivity index (χ4n) is 4.19. The molecule has 0 aliphatic carbocycles. The van der Waals surface area contributed by atoms with Gasteiger partial charge in [0.05, 0.1) is 5.69 Å². The van der Waals surface area contributed by atoms with Crippen LogP contribution in [0.3, 0.4) is 0 Å². The van der Waals surface area contributed by atoms with Gasteiger partial charge < -0.3 is 5.32 Å². The van der Waals surface area contributed by atoms with Gasteiger partial charge in [0.15, 0.2) is 10.8 Å². The highest BCUT2D eigenvalue weighted by Gasteiger charge is 2.19. The molecule has 1 amide bonds. The average molecular weight is 537 g/mol. The van der Waals surface area contributed by atoms with E-state index in [9.17, 15) is 9.18 Å². The number of nitrogens with one attached hydrogen (secondary N) is 2. The maximum Gasteiger partial charge on any atom is 0.256 e. The molecule has 0 spiro atoms. The summed E-state index contributed by atoms with van der Waals surface area (Å²) in [5.74, 6) is 0.455. The largest absolute Gasteiger partial charge is 0.307 e. The van der Waals surface area contributed by atoms with Crippen LogP contribution in [0.25, 0.3) is 28.2 Å². The molecule has 0 radical (unpaired) electrons. The fourth-order valence-corrected chi connectivity index (χ4v) is 4.92. The smallest absolute Gasteiger partial charge is 0.256 e. The molecular weight excluding hydrogens is 515 g/mol. The van der Waals surface area contributed by atoms with Crippen LogP contribution < -0.4 is 5.32 Å². The summed E-state index contributed by atoms with van der Waals surface area (Å²) in [6.07, 6.45) is 4.76. The highest BCUT2D eigenvalue weighted by Crippen LogP contribution is 2.33. The van der Waals surface area contributed by atoms with E-state index in [2.05, 4.69) is 30.6 Å². The van der Waals surface area contributed by atoms with E-state index in [1.54, 1.807) is 48.1 Å². The van der Waals surface area contributed by atoms with E-state index in [0.29, 0.717) is 44.9 Å². The van der Waals surface area contributed by atoms with Gasteiger partial charge in [-0.1, -0.05) is 23.9 Å². The van der Waals surface area contributed by atoms with Gasteiger partial charge in [0.25, 0.3) is 5.91 Å². The zero-order chi connectivity index (χ0) is 26.8. The lowest BCUT2D eigenvalue weighted by Gasteiger charge is -2.09. The number of carbonyl (C=O) groups is 1. The number of fused-ring (bicyclic) bond motifs is 1. The van der Waals surface area contributed by atoms with Gasteiger partial charge in [-0.3, -0.25) is 9.89 Å². The number of imidazole rings is 1. The molecule has 0 aliphatic rings. The summed E-state index contributed by atoms with van der Waals surface area (Å²) in [4.78, 5) is 26.4. The molecule has 9 nitrogen and oxygen atoms in total. The number of thioether (sulfide) groups is 1. The molecule has 39 heavy (non-hydrogen) atoms. The van der Waals surface area contributed by atoms with E-state index in [1.807, 2.05) is 36.4 Å². The average Bonchev–Trinajstić information content (AvgIpc) is 3.62. The number of aromatic nitrogens is 7. The molecule has 0 atom stereocenters. The molecule has 0 unspecified atom stereocenters. The summed E-state index contributed by atoms with van der Waals surface area (Å²) in [5, 5.41) is 14.8. The van der Waals surface area contributed by atoms with Crippen LogP contribution in [0.15, 0.2) is 90.6 Å². The van der Waals surface area contributed by atoms with E-state index >= 15 is 0 Å². The number of amides is 1. The minimum absolute atomic E-state index is 0.281. The maximum absolute atomic E-state index is 14.0. The first-order valence-electron chi connectivity index (χ1n) is 12.0. The summed E-state index contributed by atoms with van der Waals surface area (Å²) in [5.41, 5.74) is 5.52. The van der Waals surface area contributed by atoms with Crippen LogP contribution in [0.4, 0.5) is 10.2 Å². The Kier molecular flexibility index (Phi) is 6.55. The molecular formula is C28H21FN8OS. The van der Waals surface area contributed by atoms with Crippen molar-refractivity contribution in [2.24, 2.45) is 0 Å². The van der Waals surface area contributed by atoms with Crippen molar-refractivity contribution in [1.82, 2.24) is 34.8 Å². The van der Waals surface area contributed by atoms with Crippen molar-refractivity contribution in [3.63, 3.8) is 0 Å². The molecule has 2 aromatic carbocycles. The van der Waals surface area contributed by atoms with Crippen molar-refractivity contribution >= 4 is 29.1 Å². The Balaban J connectivity index is 1.30. The Morgan fingerprint density at radius 1 is 1.03 bits per heavy atom. The lowest BCUT2D eigenvalue weighted by molar-refractivity contribution is 0.102. The normalized spacial score (nSPS) is 11.1. The van der Waals surface area contributed by atoms with Crippen molar-refractivity contribution in [3.05, 3.63) is 108 Å². The second-order valence-corrected chi connectivity index (χ2v) is 9.69. The molecule has 0 fully saturated rings. The van der Waals surface area contributed by atoms with Gasteiger partial charge in [-0.15, -0.1) is 0 Å². The second-order valence-electron chi connectivity index (χ2n) is 8.73. The lowest BCUT2D eigenvalue weighted by Crippen LogP contribution is -2.13. The summed E-state index contributed by atoms with van der Waals surface area (Å²) < 4.78 is 15.7. The zero-order valence-electron chi connectivity index (χ0n) is 20.7. The number of hydrogen-bond acceptors (Lipinski definition) is 7. The molecule has 2 N–H and O–H groups in total. The minimum atomic E-state index is -0.281. The van der Waals surface area contributed by atoms with Crippen LogP contribution in [0, 0.1) is 12.7 Å². The molecule has 0 bridgehead atoms. The Hall–Kier alpha value is -4.90. The third-order valence-electron chi connectivity index (χ3n) is 6.06. The molecule has 0 aliphatic heterocycles. The molecule has 4 heterocycles. The minimum Gasteiger partial charge on any atom is -0.307 e. The first-order valence-corrected chi connectivity index (χ1v) is 13.0. The number of pyridine rings is 1. The number of benzene rings is 2. The molecule has 0 saturated heterocycles. The standard InChI is InChI=1S/C28H21FN8OS/c1-17-12-19(7-8-22(17)29)25-26(37-24(35-25)6-3-10-33-37)20-9-11-30-23(14-20)34-27(38)21-5-2-4-18(13-21)15-39-28-31-16-32-36-28/h2-14,16H,15H2,1H3,(H,30,34,38)(H,31,32,36). The number of aromatic amines is 1. The fraction of sp³-hybridized carbons (Fsp3) is 0.0714. The maximum atomic E-state index is 14.0. The van der Waals surface area contributed by atoms with Crippen LogP contribution >= 0.6 is 11.8 Å². The van der Waals surface area contributed by atoms with E-state index in [1.165, 1.54) is 24.2 Å². The topological polar surface area (TPSA) is 114 Å².